The van der Waals surface area contributed by atoms with Crippen molar-refractivity contribution in [1.82, 2.24) is 9.55 Å². The molecule has 0 aliphatic rings. The number of benzene rings is 1. The van der Waals surface area contributed by atoms with E-state index in [4.69, 9.17) is 0 Å². The molecule has 1 aromatic heterocycles. The van der Waals surface area contributed by atoms with Crippen LogP contribution in [-0.2, 0) is 16.4 Å². The van der Waals surface area contributed by atoms with Crippen molar-refractivity contribution in [2.45, 2.75) is 20.4 Å². The molecule has 5 heteroatoms. The molecule has 0 aliphatic heterocycles. The molecule has 0 saturated carbocycles. The SMILES string of the molecule is CCS(=O)(=O)CCn1c(C)nc2ccccc21. The van der Waals surface area contributed by atoms with Gasteiger partial charge in [0, 0.05) is 12.3 Å². The van der Waals surface area contributed by atoms with Crippen molar-refractivity contribution in [3.05, 3.63) is 30.1 Å². The van der Waals surface area contributed by atoms with Gasteiger partial charge in [0.1, 0.15) is 5.82 Å². The third kappa shape index (κ3) is 2.49. The Bertz CT molecular complexity index is 629. The average Bonchev–Trinajstić information content (AvgIpc) is 2.62. The van der Waals surface area contributed by atoms with Gasteiger partial charge in [-0.1, -0.05) is 19.1 Å². The lowest BCUT2D eigenvalue weighted by atomic mass is 10.3. The van der Waals surface area contributed by atoms with Crippen LogP contribution in [0, 0.1) is 6.92 Å². The quantitative estimate of drug-likeness (QED) is 0.833. The molecule has 0 unspecified atom stereocenters. The normalized spacial score (nSPS) is 12.1. The fourth-order valence-electron chi connectivity index (χ4n) is 1.85. The number of rotatable bonds is 4. The molecule has 1 aromatic carbocycles. The van der Waals surface area contributed by atoms with Crippen LogP contribution < -0.4 is 0 Å². The van der Waals surface area contributed by atoms with E-state index in [-0.39, 0.29) is 11.5 Å². The second-order valence-corrected chi connectivity index (χ2v) is 6.51. The van der Waals surface area contributed by atoms with Crippen LogP contribution in [0.4, 0.5) is 0 Å². The van der Waals surface area contributed by atoms with Gasteiger partial charge < -0.3 is 4.57 Å². The second kappa shape index (κ2) is 4.49. The molecule has 0 aliphatic carbocycles. The van der Waals surface area contributed by atoms with Crippen molar-refractivity contribution < 1.29 is 8.42 Å². The maximum atomic E-state index is 11.5. The van der Waals surface area contributed by atoms with E-state index < -0.39 is 9.84 Å². The van der Waals surface area contributed by atoms with Crippen LogP contribution in [0.1, 0.15) is 12.7 Å². The van der Waals surface area contributed by atoms with Crippen LogP contribution in [0.15, 0.2) is 24.3 Å². The van der Waals surface area contributed by atoms with Gasteiger partial charge in [0.2, 0.25) is 0 Å². The van der Waals surface area contributed by atoms with E-state index in [2.05, 4.69) is 4.98 Å². The second-order valence-electron chi connectivity index (χ2n) is 4.04. The van der Waals surface area contributed by atoms with Crippen LogP contribution in [0.3, 0.4) is 0 Å². The predicted molar refractivity (Wildman–Crippen MR) is 68.8 cm³/mol. The van der Waals surface area contributed by atoms with Crippen LogP contribution in [0.5, 0.6) is 0 Å². The van der Waals surface area contributed by atoms with Gasteiger partial charge in [-0.3, -0.25) is 0 Å². The van der Waals surface area contributed by atoms with Gasteiger partial charge in [0.25, 0.3) is 0 Å². The van der Waals surface area contributed by atoms with E-state index in [9.17, 15) is 8.42 Å². The summed E-state index contributed by atoms with van der Waals surface area (Å²) in [5, 5.41) is 0. The summed E-state index contributed by atoms with van der Waals surface area (Å²) >= 11 is 0. The summed E-state index contributed by atoms with van der Waals surface area (Å²) in [6.07, 6.45) is 0. The minimum absolute atomic E-state index is 0.171. The third-order valence-corrected chi connectivity index (χ3v) is 4.60. The van der Waals surface area contributed by atoms with E-state index in [0.717, 1.165) is 16.9 Å². The van der Waals surface area contributed by atoms with Gasteiger partial charge >= 0.3 is 0 Å². The van der Waals surface area contributed by atoms with Crippen molar-refractivity contribution in [2.75, 3.05) is 11.5 Å². The number of aryl methyl sites for hydroxylation is 2. The molecule has 0 saturated heterocycles. The Morgan fingerprint density at radius 1 is 1.29 bits per heavy atom. The third-order valence-electron chi connectivity index (χ3n) is 2.91. The Morgan fingerprint density at radius 3 is 2.71 bits per heavy atom. The first-order valence-electron chi connectivity index (χ1n) is 5.66. The molecular weight excluding hydrogens is 236 g/mol. The fourth-order valence-corrected chi connectivity index (χ4v) is 2.60. The number of hydrogen-bond acceptors (Lipinski definition) is 3. The number of para-hydroxylation sites is 2. The largest absolute Gasteiger partial charge is 0.327 e. The van der Waals surface area contributed by atoms with Gasteiger partial charge in [0.15, 0.2) is 9.84 Å². The Morgan fingerprint density at radius 2 is 2.00 bits per heavy atom. The maximum absolute atomic E-state index is 11.5. The zero-order valence-corrected chi connectivity index (χ0v) is 10.9. The summed E-state index contributed by atoms with van der Waals surface area (Å²) in [4.78, 5) is 4.41. The van der Waals surface area contributed by atoms with E-state index in [1.54, 1.807) is 6.92 Å². The predicted octanol–water partition coefficient (Wildman–Crippen LogP) is 1.78. The number of nitrogens with zero attached hydrogens (tertiary/aromatic N) is 2. The highest BCUT2D eigenvalue weighted by Crippen LogP contribution is 2.15. The number of sulfone groups is 1. The summed E-state index contributed by atoms with van der Waals surface area (Å²) in [5.41, 5.74) is 1.91. The Hall–Kier alpha value is -1.36. The molecule has 0 atom stereocenters. The number of fused-ring (bicyclic) bond motifs is 1. The molecule has 2 aromatic rings. The van der Waals surface area contributed by atoms with Gasteiger partial charge in [-0.05, 0) is 19.1 Å². The summed E-state index contributed by atoms with van der Waals surface area (Å²) in [6, 6.07) is 7.78. The molecule has 0 spiro atoms. The topological polar surface area (TPSA) is 52.0 Å². The van der Waals surface area contributed by atoms with Crippen molar-refractivity contribution in [3.63, 3.8) is 0 Å². The van der Waals surface area contributed by atoms with Crippen molar-refractivity contribution in [2.24, 2.45) is 0 Å². The summed E-state index contributed by atoms with van der Waals surface area (Å²) < 4.78 is 25.0. The highest BCUT2D eigenvalue weighted by Gasteiger charge is 2.11. The van der Waals surface area contributed by atoms with Crippen molar-refractivity contribution in [3.8, 4) is 0 Å². The number of imidazole rings is 1. The first kappa shape index (κ1) is 12.1. The van der Waals surface area contributed by atoms with Gasteiger partial charge in [-0.25, -0.2) is 13.4 Å². The van der Waals surface area contributed by atoms with E-state index in [1.807, 2.05) is 35.8 Å². The molecule has 17 heavy (non-hydrogen) atoms. The number of hydrogen-bond donors (Lipinski definition) is 0. The standard InChI is InChI=1S/C12H16N2O2S/c1-3-17(15,16)9-8-14-10(2)13-11-6-4-5-7-12(11)14/h4-7H,3,8-9H2,1-2H3. The highest BCUT2D eigenvalue weighted by atomic mass is 32.2. The molecular formula is C12H16N2O2S. The van der Waals surface area contributed by atoms with E-state index >= 15 is 0 Å². The van der Waals surface area contributed by atoms with Crippen LogP contribution in [0.2, 0.25) is 0 Å². The van der Waals surface area contributed by atoms with E-state index in [0.29, 0.717) is 6.54 Å². The maximum Gasteiger partial charge on any atom is 0.151 e. The van der Waals surface area contributed by atoms with Gasteiger partial charge in [-0.2, -0.15) is 0 Å². The van der Waals surface area contributed by atoms with Crippen LogP contribution >= 0.6 is 0 Å². The number of aromatic nitrogens is 2. The highest BCUT2D eigenvalue weighted by molar-refractivity contribution is 7.91. The Labute approximate surface area is 101 Å². The average molecular weight is 252 g/mol. The molecule has 4 nitrogen and oxygen atoms in total. The molecule has 2 rings (SSSR count). The van der Waals surface area contributed by atoms with Crippen molar-refractivity contribution in [1.29, 1.82) is 0 Å². The summed E-state index contributed by atoms with van der Waals surface area (Å²) in [7, 11) is -2.93. The molecule has 0 fully saturated rings. The molecule has 0 N–H and O–H groups in total. The monoisotopic (exact) mass is 252 g/mol. The molecule has 1 heterocycles. The van der Waals surface area contributed by atoms with Crippen molar-refractivity contribution >= 4 is 20.9 Å². The minimum atomic E-state index is -2.93. The zero-order valence-electron chi connectivity index (χ0n) is 10.0. The molecule has 92 valence electrons. The first-order chi connectivity index (χ1) is 8.03. The van der Waals surface area contributed by atoms with E-state index in [1.165, 1.54) is 0 Å². The Balaban J connectivity index is 2.33. The lowest BCUT2D eigenvalue weighted by molar-refractivity contribution is 0.590. The summed E-state index contributed by atoms with van der Waals surface area (Å²) in [5.74, 6) is 1.22. The van der Waals surface area contributed by atoms with Gasteiger partial charge in [-0.15, -0.1) is 0 Å². The Kier molecular flexibility index (Phi) is 3.19. The van der Waals surface area contributed by atoms with Crippen LogP contribution in [-0.4, -0.2) is 29.5 Å². The fraction of sp³-hybridized carbons (Fsp3) is 0.417. The minimum Gasteiger partial charge on any atom is -0.327 e. The molecule has 0 bridgehead atoms. The lowest BCUT2D eigenvalue weighted by Gasteiger charge is -2.06. The van der Waals surface area contributed by atoms with Gasteiger partial charge in [0.05, 0.1) is 16.8 Å². The molecule has 0 radical (unpaired) electrons. The lowest BCUT2D eigenvalue weighted by Crippen LogP contribution is -2.15. The zero-order chi connectivity index (χ0) is 12.5. The first-order valence-corrected chi connectivity index (χ1v) is 7.48. The smallest absolute Gasteiger partial charge is 0.151 e. The molecule has 0 amide bonds. The summed E-state index contributed by atoms with van der Waals surface area (Å²) in [6.45, 7) is 4.05. The van der Waals surface area contributed by atoms with Crippen LogP contribution in [0.25, 0.3) is 11.0 Å².